The van der Waals surface area contributed by atoms with Gasteiger partial charge in [-0.15, -0.1) is 0 Å². The van der Waals surface area contributed by atoms with E-state index in [1.54, 1.807) is 12.1 Å². The number of rotatable bonds is 5. The van der Waals surface area contributed by atoms with Gasteiger partial charge in [0.2, 0.25) is 12.7 Å². The lowest BCUT2D eigenvalue weighted by atomic mass is 10.1. The van der Waals surface area contributed by atoms with Crippen LogP contribution < -0.4 is 20.1 Å². The number of amides is 2. The van der Waals surface area contributed by atoms with Gasteiger partial charge in [0.25, 0.3) is 5.91 Å². The first-order valence-electron chi connectivity index (χ1n) is 7.93. The molecule has 142 valence electrons. The molecule has 2 amide bonds. The molecule has 6 nitrogen and oxygen atoms in total. The Morgan fingerprint density at radius 3 is 2.37 bits per heavy atom. The lowest BCUT2D eigenvalue weighted by molar-refractivity contribution is -0.137. The maximum Gasteiger partial charge on any atom is 0.416 e. The van der Waals surface area contributed by atoms with Crippen LogP contribution in [0.3, 0.4) is 0 Å². The molecule has 1 heterocycles. The summed E-state index contributed by atoms with van der Waals surface area (Å²) >= 11 is 0. The Hall–Kier alpha value is -3.23. The molecule has 0 atom stereocenters. The monoisotopic (exact) mass is 380 g/mol. The first-order valence-corrected chi connectivity index (χ1v) is 7.93. The van der Waals surface area contributed by atoms with Gasteiger partial charge in [0, 0.05) is 12.1 Å². The van der Waals surface area contributed by atoms with Crippen molar-refractivity contribution in [3.63, 3.8) is 0 Å². The van der Waals surface area contributed by atoms with Crippen LogP contribution in [0.15, 0.2) is 42.5 Å². The summed E-state index contributed by atoms with van der Waals surface area (Å²) < 4.78 is 47.8. The van der Waals surface area contributed by atoms with E-state index in [4.69, 9.17) is 9.47 Å². The highest BCUT2D eigenvalue weighted by atomic mass is 19.4. The minimum Gasteiger partial charge on any atom is -0.454 e. The molecular formula is C18H15F3N2O4. The van der Waals surface area contributed by atoms with Crippen LogP contribution in [-0.4, -0.2) is 25.2 Å². The van der Waals surface area contributed by atoms with Crippen LogP contribution in [0.5, 0.6) is 11.5 Å². The van der Waals surface area contributed by atoms with Gasteiger partial charge in [0.15, 0.2) is 11.5 Å². The number of halogens is 3. The van der Waals surface area contributed by atoms with E-state index in [0.717, 1.165) is 12.1 Å². The molecule has 0 aliphatic carbocycles. The van der Waals surface area contributed by atoms with Crippen LogP contribution in [0, 0.1) is 0 Å². The molecule has 0 aromatic heterocycles. The average molecular weight is 380 g/mol. The molecule has 2 aromatic carbocycles. The fourth-order valence-corrected chi connectivity index (χ4v) is 2.38. The molecule has 3 rings (SSSR count). The maximum atomic E-state index is 12.5. The van der Waals surface area contributed by atoms with E-state index < -0.39 is 23.6 Å². The number of fused-ring (bicyclic) bond motifs is 1. The summed E-state index contributed by atoms with van der Waals surface area (Å²) in [6, 6.07) is 9.12. The summed E-state index contributed by atoms with van der Waals surface area (Å²) in [5.41, 5.74) is 0.0711. The molecule has 0 unspecified atom stereocenters. The highest BCUT2D eigenvalue weighted by molar-refractivity contribution is 5.97. The van der Waals surface area contributed by atoms with Crippen LogP contribution >= 0.6 is 0 Å². The molecule has 0 spiro atoms. The van der Waals surface area contributed by atoms with E-state index in [9.17, 15) is 22.8 Å². The number of carbonyl (C=O) groups is 2. The fraction of sp³-hybridized carbons (Fsp3) is 0.222. The van der Waals surface area contributed by atoms with Crippen molar-refractivity contribution in [3.05, 3.63) is 59.2 Å². The number of carbonyl (C=O) groups excluding carboxylic acids is 2. The summed E-state index contributed by atoms with van der Waals surface area (Å²) in [7, 11) is 0. The highest BCUT2D eigenvalue weighted by Gasteiger charge is 2.29. The maximum absolute atomic E-state index is 12.5. The third-order valence-corrected chi connectivity index (χ3v) is 3.82. The Morgan fingerprint density at radius 1 is 0.963 bits per heavy atom. The van der Waals surface area contributed by atoms with Gasteiger partial charge in [-0.2, -0.15) is 13.2 Å². The molecule has 0 radical (unpaired) electrons. The van der Waals surface area contributed by atoms with Gasteiger partial charge >= 0.3 is 6.18 Å². The molecule has 0 saturated carbocycles. The zero-order chi connectivity index (χ0) is 19.4. The van der Waals surface area contributed by atoms with Gasteiger partial charge < -0.3 is 20.1 Å². The lowest BCUT2D eigenvalue weighted by Crippen LogP contribution is -2.36. The van der Waals surface area contributed by atoms with Crippen LogP contribution in [0.1, 0.15) is 21.5 Å². The van der Waals surface area contributed by atoms with E-state index in [1.807, 2.05) is 0 Å². The standard InChI is InChI=1S/C18H15F3N2O4/c19-18(20,21)13-4-1-11(2-5-13)8-22-16(24)9-23-17(25)12-3-6-14-15(7-12)27-10-26-14/h1-7H,8-10H2,(H,22,24)(H,23,25). The molecule has 9 heteroatoms. The first-order chi connectivity index (χ1) is 12.8. The molecule has 0 bridgehead atoms. The van der Waals surface area contributed by atoms with Gasteiger partial charge in [0.05, 0.1) is 12.1 Å². The molecule has 27 heavy (non-hydrogen) atoms. The van der Waals surface area contributed by atoms with Gasteiger partial charge in [-0.3, -0.25) is 9.59 Å². The van der Waals surface area contributed by atoms with Gasteiger partial charge in [-0.25, -0.2) is 0 Å². The van der Waals surface area contributed by atoms with Crippen LogP contribution in [-0.2, 0) is 17.5 Å². The average Bonchev–Trinajstić information content (AvgIpc) is 3.11. The van der Waals surface area contributed by atoms with Gasteiger partial charge in [0.1, 0.15) is 0 Å². The normalized spacial score (nSPS) is 12.6. The van der Waals surface area contributed by atoms with Crippen LogP contribution in [0.2, 0.25) is 0 Å². The molecule has 2 aromatic rings. The number of ether oxygens (including phenoxy) is 2. The molecule has 2 N–H and O–H groups in total. The molecule has 0 fully saturated rings. The zero-order valence-corrected chi connectivity index (χ0v) is 13.9. The number of nitrogens with one attached hydrogen (secondary N) is 2. The van der Waals surface area contributed by atoms with Crippen molar-refractivity contribution in [1.29, 1.82) is 0 Å². The van der Waals surface area contributed by atoms with Crippen molar-refractivity contribution >= 4 is 11.8 Å². The second-order valence-electron chi connectivity index (χ2n) is 5.72. The predicted molar refractivity (Wildman–Crippen MR) is 88.2 cm³/mol. The summed E-state index contributed by atoms with van der Waals surface area (Å²) in [5, 5.41) is 4.99. The topological polar surface area (TPSA) is 76.7 Å². The lowest BCUT2D eigenvalue weighted by Gasteiger charge is -2.09. The van der Waals surface area contributed by atoms with Crippen molar-refractivity contribution in [3.8, 4) is 11.5 Å². The number of benzene rings is 2. The largest absolute Gasteiger partial charge is 0.454 e. The molecule has 0 saturated heterocycles. The minimum absolute atomic E-state index is 0.0524. The quantitative estimate of drug-likeness (QED) is 0.836. The Balaban J connectivity index is 1.46. The SMILES string of the molecule is O=C(CNC(=O)c1ccc2c(c1)OCO2)NCc1ccc(C(F)(F)F)cc1. The highest BCUT2D eigenvalue weighted by Crippen LogP contribution is 2.32. The van der Waals surface area contributed by atoms with Crippen molar-refractivity contribution in [2.75, 3.05) is 13.3 Å². The van der Waals surface area contributed by atoms with E-state index in [2.05, 4.69) is 10.6 Å². The summed E-state index contributed by atoms with van der Waals surface area (Å²) in [4.78, 5) is 23.9. The van der Waals surface area contributed by atoms with Crippen molar-refractivity contribution < 1.29 is 32.2 Å². The number of hydrogen-bond donors (Lipinski definition) is 2. The second kappa shape index (κ2) is 7.56. The van der Waals surface area contributed by atoms with E-state index >= 15 is 0 Å². The second-order valence-corrected chi connectivity index (χ2v) is 5.72. The smallest absolute Gasteiger partial charge is 0.416 e. The van der Waals surface area contributed by atoms with E-state index in [1.165, 1.54) is 18.2 Å². The Bertz CT molecular complexity index is 851. The molecule has 1 aliphatic heterocycles. The molecule has 1 aliphatic rings. The summed E-state index contributed by atoms with van der Waals surface area (Å²) in [6.45, 7) is -0.127. The van der Waals surface area contributed by atoms with Gasteiger partial charge in [-0.1, -0.05) is 12.1 Å². The third kappa shape index (κ3) is 4.69. The Labute approximate surface area is 152 Å². The number of hydrogen-bond acceptors (Lipinski definition) is 4. The summed E-state index contributed by atoms with van der Waals surface area (Å²) in [6.07, 6.45) is -4.40. The Kier molecular flexibility index (Phi) is 5.20. The first kappa shape index (κ1) is 18.6. The van der Waals surface area contributed by atoms with Gasteiger partial charge in [-0.05, 0) is 35.9 Å². The van der Waals surface area contributed by atoms with E-state index in [-0.39, 0.29) is 19.9 Å². The third-order valence-electron chi connectivity index (χ3n) is 3.82. The minimum atomic E-state index is -4.40. The van der Waals surface area contributed by atoms with Crippen LogP contribution in [0.25, 0.3) is 0 Å². The van der Waals surface area contributed by atoms with Crippen molar-refractivity contribution in [1.82, 2.24) is 10.6 Å². The Morgan fingerprint density at radius 2 is 1.67 bits per heavy atom. The predicted octanol–water partition coefficient (Wildman–Crippen LogP) is 2.48. The fourth-order valence-electron chi connectivity index (χ4n) is 2.38. The van der Waals surface area contributed by atoms with Crippen molar-refractivity contribution in [2.45, 2.75) is 12.7 Å². The molecular weight excluding hydrogens is 365 g/mol. The summed E-state index contributed by atoms with van der Waals surface area (Å²) in [5.74, 6) is 0.0669. The van der Waals surface area contributed by atoms with Crippen LogP contribution in [0.4, 0.5) is 13.2 Å². The number of alkyl halides is 3. The van der Waals surface area contributed by atoms with E-state index in [0.29, 0.717) is 22.6 Å². The zero-order valence-electron chi connectivity index (χ0n) is 13.9. The van der Waals surface area contributed by atoms with Crippen molar-refractivity contribution in [2.24, 2.45) is 0 Å².